The number of rotatable bonds is 5. The summed E-state index contributed by atoms with van der Waals surface area (Å²) in [4.78, 5) is 19.3. The number of aromatic nitrogens is 1. The van der Waals surface area contributed by atoms with Gasteiger partial charge in [-0.25, -0.2) is 0 Å². The summed E-state index contributed by atoms with van der Waals surface area (Å²) in [5.41, 5.74) is 0.862. The fourth-order valence-electron chi connectivity index (χ4n) is 2.72. The van der Waals surface area contributed by atoms with E-state index in [1.165, 1.54) is 11.3 Å². The molecule has 0 bridgehead atoms. The Morgan fingerprint density at radius 2 is 2.29 bits per heavy atom. The van der Waals surface area contributed by atoms with Crippen molar-refractivity contribution >= 4 is 46.2 Å². The molecule has 0 radical (unpaired) electrons. The van der Waals surface area contributed by atoms with Crippen molar-refractivity contribution < 1.29 is 9.53 Å². The third-order valence-electron chi connectivity index (χ3n) is 3.69. The normalized spacial score (nSPS) is 20.1. The molecule has 2 aromatic heterocycles. The van der Waals surface area contributed by atoms with E-state index in [2.05, 4.69) is 10.3 Å². The number of carbonyl (C=O) groups is 1. The van der Waals surface area contributed by atoms with Crippen LogP contribution >= 0.6 is 35.2 Å². The number of ether oxygens (including phenoxy) is 1. The number of esters is 1. The first kappa shape index (κ1) is 17.1. The van der Waals surface area contributed by atoms with Gasteiger partial charge in [0.05, 0.1) is 28.7 Å². The van der Waals surface area contributed by atoms with Crippen molar-refractivity contribution in [3.63, 3.8) is 0 Å². The molecule has 24 heavy (non-hydrogen) atoms. The van der Waals surface area contributed by atoms with Crippen molar-refractivity contribution in [1.82, 2.24) is 15.2 Å². The van der Waals surface area contributed by atoms with E-state index >= 15 is 0 Å². The van der Waals surface area contributed by atoms with E-state index in [0.717, 1.165) is 10.6 Å². The standard InChI is InChI=1S/C16H16ClN3O2S2/c1-2-22-13(21)9-20-15(11-6-7-12(17)24-11)14(19-16(20)23)10-5-3-4-8-18-10/h3-8,14-15H,2,9H2,1H3,(H,19,23)/t14-,15-/m0/s1. The van der Waals surface area contributed by atoms with Crippen molar-refractivity contribution in [2.24, 2.45) is 0 Å². The highest BCUT2D eigenvalue weighted by atomic mass is 35.5. The second-order valence-electron chi connectivity index (χ2n) is 5.20. The largest absolute Gasteiger partial charge is 0.465 e. The Morgan fingerprint density at radius 3 is 2.92 bits per heavy atom. The number of nitrogens with zero attached hydrogens (tertiary/aromatic N) is 2. The topological polar surface area (TPSA) is 54.5 Å². The highest BCUT2D eigenvalue weighted by molar-refractivity contribution is 7.80. The molecule has 5 nitrogen and oxygen atoms in total. The molecule has 0 aromatic carbocycles. The summed E-state index contributed by atoms with van der Waals surface area (Å²) in [6.45, 7) is 2.21. The maximum absolute atomic E-state index is 12.0. The van der Waals surface area contributed by atoms with Gasteiger partial charge in [-0.2, -0.15) is 0 Å². The molecular weight excluding hydrogens is 366 g/mol. The molecule has 1 aliphatic rings. The molecule has 3 rings (SSSR count). The smallest absolute Gasteiger partial charge is 0.325 e. The van der Waals surface area contributed by atoms with Gasteiger partial charge < -0.3 is 15.0 Å². The van der Waals surface area contributed by atoms with Crippen LogP contribution in [0, 0.1) is 0 Å². The first-order valence-corrected chi connectivity index (χ1v) is 9.09. The lowest BCUT2D eigenvalue weighted by atomic mass is 10.0. The molecule has 0 aliphatic carbocycles. The molecule has 0 unspecified atom stereocenters. The zero-order chi connectivity index (χ0) is 17.1. The Labute approximate surface area is 154 Å². The van der Waals surface area contributed by atoms with Gasteiger partial charge in [0.15, 0.2) is 5.11 Å². The molecule has 3 heterocycles. The summed E-state index contributed by atoms with van der Waals surface area (Å²) >= 11 is 13.0. The first-order valence-electron chi connectivity index (χ1n) is 7.49. The van der Waals surface area contributed by atoms with E-state index in [9.17, 15) is 4.79 Å². The molecule has 1 aliphatic heterocycles. The van der Waals surface area contributed by atoms with Crippen LogP contribution < -0.4 is 5.32 Å². The van der Waals surface area contributed by atoms with Crippen LogP contribution in [-0.4, -0.2) is 34.1 Å². The summed E-state index contributed by atoms with van der Waals surface area (Å²) in [6, 6.07) is 9.24. The average molecular weight is 382 g/mol. The number of thiophene rings is 1. The molecule has 8 heteroatoms. The lowest BCUT2D eigenvalue weighted by Crippen LogP contribution is -2.35. The highest BCUT2D eigenvalue weighted by Crippen LogP contribution is 2.41. The third kappa shape index (κ3) is 3.53. The molecule has 0 spiro atoms. The molecule has 2 aromatic rings. The predicted octanol–water partition coefficient (Wildman–Crippen LogP) is 3.33. The molecule has 2 atom stereocenters. The van der Waals surface area contributed by atoms with Gasteiger partial charge in [-0.15, -0.1) is 11.3 Å². The van der Waals surface area contributed by atoms with Gasteiger partial charge in [-0.1, -0.05) is 17.7 Å². The van der Waals surface area contributed by atoms with E-state index < -0.39 is 0 Å². The van der Waals surface area contributed by atoms with Gasteiger partial charge in [-0.3, -0.25) is 9.78 Å². The average Bonchev–Trinajstić information content (AvgIpc) is 3.13. The quantitative estimate of drug-likeness (QED) is 0.633. The summed E-state index contributed by atoms with van der Waals surface area (Å²) in [5.74, 6) is -0.309. The van der Waals surface area contributed by atoms with E-state index in [1.54, 1.807) is 13.1 Å². The number of carbonyl (C=O) groups excluding carboxylic acids is 1. The summed E-state index contributed by atoms with van der Waals surface area (Å²) in [6.07, 6.45) is 1.74. The van der Waals surface area contributed by atoms with Gasteiger partial charge in [0.2, 0.25) is 0 Å². The predicted molar refractivity (Wildman–Crippen MR) is 98.1 cm³/mol. The van der Waals surface area contributed by atoms with E-state index in [-0.39, 0.29) is 24.6 Å². The zero-order valence-electron chi connectivity index (χ0n) is 12.9. The number of halogens is 1. The SMILES string of the molecule is CCOC(=O)CN1C(=S)N[C@@H](c2ccccn2)[C@@H]1c1ccc(Cl)s1. The lowest BCUT2D eigenvalue weighted by Gasteiger charge is -2.25. The van der Waals surface area contributed by atoms with E-state index in [4.69, 9.17) is 28.6 Å². The van der Waals surface area contributed by atoms with Crippen molar-refractivity contribution in [2.75, 3.05) is 13.2 Å². The molecular formula is C16H16ClN3O2S2. The molecule has 1 saturated heterocycles. The van der Waals surface area contributed by atoms with Crippen molar-refractivity contribution in [2.45, 2.75) is 19.0 Å². The Hall–Kier alpha value is -1.70. The Bertz CT molecular complexity index is 738. The van der Waals surface area contributed by atoms with Gasteiger partial charge in [-0.05, 0) is 43.4 Å². The third-order valence-corrected chi connectivity index (χ3v) is 5.34. The monoisotopic (exact) mass is 381 g/mol. The van der Waals surface area contributed by atoms with Crippen molar-refractivity contribution in [3.05, 3.63) is 51.4 Å². The minimum absolute atomic E-state index is 0.0865. The van der Waals surface area contributed by atoms with Crippen LogP contribution in [0.15, 0.2) is 36.5 Å². The Kier molecular flexibility index (Phi) is 5.33. The van der Waals surface area contributed by atoms with Gasteiger partial charge in [0, 0.05) is 11.1 Å². The summed E-state index contributed by atoms with van der Waals surface area (Å²) < 4.78 is 5.77. The number of nitrogens with one attached hydrogen (secondary N) is 1. The molecule has 126 valence electrons. The van der Waals surface area contributed by atoms with Crippen molar-refractivity contribution in [1.29, 1.82) is 0 Å². The number of hydrogen-bond acceptors (Lipinski definition) is 5. The second kappa shape index (κ2) is 7.46. The molecule has 1 fully saturated rings. The van der Waals surface area contributed by atoms with Gasteiger partial charge in [0.25, 0.3) is 0 Å². The molecule has 1 N–H and O–H groups in total. The Balaban J connectivity index is 1.95. The van der Waals surface area contributed by atoms with E-state index in [0.29, 0.717) is 16.1 Å². The summed E-state index contributed by atoms with van der Waals surface area (Å²) in [5, 5.41) is 3.78. The van der Waals surface area contributed by atoms with Crippen LogP contribution in [0.2, 0.25) is 4.34 Å². The van der Waals surface area contributed by atoms with Gasteiger partial charge in [0.1, 0.15) is 6.54 Å². The van der Waals surface area contributed by atoms with Crippen LogP contribution in [-0.2, 0) is 9.53 Å². The van der Waals surface area contributed by atoms with Crippen LogP contribution in [0.3, 0.4) is 0 Å². The molecule has 0 amide bonds. The van der Waals surface area contributed by atoms with Crippen LogP contribution in [0.5, 0.6) is 0 Å². The number of pyridine rings is 1. The summed E-state index contributed by atoms with van der Waals surface area (Å²) in [7, 11) is 0. The first-order chi connectivity index (χ1) is 11.6. The molecule has 0 saturated carbocycles. The minimum Gasteiger partial charge on any atom is -0.465 e. The highest BCUT2D eigenvalue weighted by Gasteiger charge is 2.41. The van der Waals surface area contributed by atoms with Crippen LogP contribution in [0.4, 0.5) is 0 Å². The zero-order valence-corrected chi connectivity index (χ0v) is 15.3. The second-order valence-corrected chi connectivity index (χ2v) is 7.33. The lowest BCUT2D eigenvalue weighted by molar-refractivity contribution is -0.143. The van der Waals surface area contributed by atoms with Gasteiger partial charge >= 0.3 is 5.97 Å². The van der Waals surface area contributed by atoms with E-state index in [1.807, 2.05) is 35.2 Å². The number of thiocarbonyl (C=S) groups is 1. The minimum atomic E-state index is -0.309. The Morgan fingerprint density at radius 1 is 1.46 bits per heavy atom. The maximum atomic E-state index is 12.0. The maximum Gasteiger partial charge on any atom is 0.325 e. The van der Waals surface area contributed by atoms with Crippen molar-refractivity contribution in [3.8, 4) is 0 Å². The number of hydrogen-bond donors (Lipinski definition) is 1. The van der Waals surface area contributed by atoms with Crippen LogP contribution in [0.1, 0.15) is 29.6 Å². The van der Waals surface area contributed by atoms with Crippen LogP contribution in [0.25, 0.3) is 0 Å². The fourth-order valence-corrected chi connectivity index (χ4v) is 4.23. The fraction of sp³-hybridized carbons (Fsp3) is 0.312.